The highest BCUT2D eigenvalue weighted by Gasteiger charge is 2.24. The smallest absolute Gasteiger partial charge is 0.229 e. The summed E-state index contributed by atoms with van der Waals surface area (Å²) < 4.78 is 10.4. The van der Waals surface area contributed by atoms with Crippen molar-refractivity contribution in [1.29, 1.82) is 0 Å². The maximum absolute atomic E-state index is 9.90. The topological polar surface area (TPSA) is 68.4 Å². The van der Waals surface area contributed by atoms with Crippen LogP contribution in [-0.2, 0) is 17.8 Å². The Kier molecular flexibility index (Phi) is 5.08. The average molecular weight is 242 g/mol. The molecule has 1 aromatic heterocycles. The summed E-state index contributed by atoms with van der Waals surface area (Å²) in [5.74, 6) is 0.997. The number of hydrogen-bond donors (Lipinski definition) is 1. The van der Waals surface area contributed by atoms with Gasteiger partial charge in [-0.25, -0.2) is 0 Å². The zero-order valence-corrected chi connectivity index (χ0v) is 11.1. The van der Waals surface area contributed by atoms with Crippen molar-refractivity contribution in [3.05, 3.63) is 11.7 Å². The van der Waals surface area contributed by atoms with Crippen LogP contribution in [-0.4, -0.2) is 28.0 Å². The molecule has 1 atom stereocenters. The molecule has 5 nitrogen and oxygen atoms in total. The van der Waals surface area contributed by atoms with E-state index in [1.807, 2.05) is 27.7 Å². The summed E-state index contributed by atoms with van der Waals surface area (Å²) >= 11 is 0. The van der Waals surface area contributed by atoms with Crippen molar-refractivity contribution in [2.24, 2.45) is 5.41 Å². The molecule has 0 radical (unpaired) electrons. The van der Waals surface area contributed by atoms with Gasteiger partial charge in [0.05, 0.1) is 12.5 Å². The van der Waals surface area contributed by atoms with Gasteiger partial charge in [-0.2, -0.15) is 4.98 Å². The predicted octanol–water partition coefficient (Wildman–Crippen LogP) is 1.95. The van der Waals surface area contributed by atoms with Gasteiger partial charge in [0.25, 0.3) is 0 Å². The summed E-state index contributed by atoms with van der Waals surface area (Å²) in [6.45, 7) is 9.01. The molecule has 0 bridgehead atoms. The van der Waals surface area contributed by atoms with Crippen LogP contribution in [0.25, 0.3) is 0 Å². The number of aliphatic hydroxyl groups is 1. The van der Waals surface area contributed by atoms with Crippen LogP contribution in [0.1, 0.15) is 45.8 Å². The monoisotopic (exact) mass is 242 g/mol. The molecular formula is C12H22N2O3. The largest absolute Gasteiger partial charge is 0.392 e. The molecule has 0 spiro atoms. The van der Waals surface area contributed by atoms with Crippen LogP contribution in [0.15, 0.2) is 4.52 Å². The van der Waals surface area contributed by atoms with E-state index < -0.39 is 6.10 Å². The summed E-state index contributed by atoms with van der Waals surface area (Å²) in [5, 5.41) is 13.7. The highest BCUT2D eigenvalue weighted by Crippen LogP contribution is 2.21. The van der Waals surface area contributed by atoms with Crippen molar-refractivity contribution in [3.8, 4) is 0 Å². The molecule has 0 amide bonds. The van der Waals surface area contributed by atoms with Gasteiger partial charge in [-0.05, 0) is 11.8 Å². The lowest BCUT2D eigenvalue weighted by molar-refractivity contribution is 0.0565. The molecule has 17 heavy (non-hydrogen) atoms. The first kappa shape index (κ1) is 14.1. The molecule has 0 aromatic carbocycles. The van der Waals surface area contributed by atoms with E-state index in [4.69, 9.17) is 9.26 Å². The van der Waals surface area contributed by atoms with Crippen LogP contribution in [0.3, 0.4) is 0 Å². The first-order chi connectivity index (χ1) is 7.93. The fourth-order valence-electron chi connectivity index (χ4n) is 1.21. The van der Waals surface area contributed by atoms with Crippen LogP contribution >= 0.6 is 0 Å². The van der Waals surface area contributed by atoms with E-state index in [0.29, 0.717) is 31.3 Å². The third-order valence-electron chi connectivity index (χ3n) is 2.46. The first-order valence-corrected chi connectivity index (χ1v) is 6.00. The van der Waals surface area contributed by atoms with E-state index in [0.717, 1.165) is 6.42 Å². The van der Waals surface area contributed by atoms with Gasteiger partial charge in [0.15, 0.2) is 5.82 Å². The Morgan fingerprint density at radius 2 is 2.12 bits per heavy atom. The predicted molar refractivity (Wildman–Crippen MR) is 63.4 cm³/mol. The lowest BCUT2D eigenvalue weighted by atomic mass is 9.87. The van der Waals surface area contributed by atoms with Gasteiger partial charge in [-0.1, -0.05) is 32.9 Å². The Morgan fingerprint density at radius 3 is 2.71 bits per heavy atom. The third-order valence-corrected chi connectivity index (χ3v) is 2.46. The zero-order chi connectivity index (χ0) is 12.9. The number of aromatic nitrogens is 2. The van der Waals surface area contributed by atoms with E-state index in [2.05, 4.69) is 10.1 Å². The summed E-state index contributed by atoms with van der Waals surface area (Å²) in [7, 11) is 0. The van der Waals surface area contributed by atoms with Crippen LogP contribution in [0, 0.1) is 5.41 Å². The van der Waals surface area contributed by atoms with Gasteiger partial charge in [0.2, 0.25) is 5.89 Å². The van der Waals surface area contributed by atoms with Gasteiger partial charge >= 0.3 is 0 Å². The standard InChI is InChI=1S/C12H22N2O3/c1-5-6-16-8-10-13-11(17-14-10)7-9(15)12(2,3)4/h9,15H,5-8H2,1-4H3. The number of nitrogens with zero attached hydrogens (tertiary/aromatic N) is 2. The SMILES string of the molecule is CCCOCc1noc(CC(O)C(C)(C)C)n1. The Balaban J connectivity index is 2.45. The molecule has 1 N–H and O–H groups in total. The fourth-order valence-corrected chi connectivity index (χ4v) is 1.21. The molecule has 0 aliphatic heterocycles. The van der Waals surface area contributed by atoms with Crippen LogP contribution in [0.5, 0.6) is 0 Å². The maximum Gasteiger partial charge on any atom is 0.229 e. The molecule has 0 aliphatic carbocycles. The van der Waals surface area contributed by atoms with Gasteiger partial charge in [0, 0.05) is 6.61 Å². The average Bonchev–Trinajstić information content (AvgIpc) is 2.65. The molecule has 0 aliphatic rings. The number of hydrogen-bond acceptors (Lipinski definition) is 5. The van der Waals surface area contributed by atoms with E-state index in [-0.39, 0.29) is 5.41 Å². The minimum absolute atomic E-state index is 0.187. The van der Waals surface area contributed by atoms with E-state index in [1.165, 1.54) is 0 Å². The Labute approximate surface area is 102 Å². The number of ether oxygens (including phenoxy) is 1. The molecule has 0 saturated heterocycles. The summed E-state index contributed by atoms with van der Waals surface area (Å²) in [6.07, 6.45) is 0.852. The summed E-state index contributed by atoms with van der Waals surface area (Å²) in [5.41, 5.74) is -0.187. The van der Waals surface area contributed by atoms with Crippen molar-refractivity contribution in [2.75, 3.05) is 6.61 Å². The van der Waals surface area contributed by atoms with Crippen molar-refractivity contribution in [1.82, 2.24) is 10.1 Å². The molecule has 98 valence electrons. The lowest BCUT2D eigenvalue weighted by Gasteiger charge is -2.24. The van der Waals surface area contributed by atoms with Crippen molar-refractivity contribution in [2.45, 2.75) is 53.2 Å². The molecular weight excluding hydrogens is 220 g/mol. The second kappa shape index (κ2) is 6.12. The summed E-state index contributed by atoms with van der Waals surface area (Å²) in [6, 6.07) is 0. The highest BCUT2D eigenvalue weighted by molar-refractivity contribution is 4.89. The minimum Gasteiger partial charge on any atom is -0.392 e. The van der Waals surface area contributed by atoms with Crippen molar-refractivity contribution >= 4 is 0 Å². The third kappa shape index (κ3) is 4.83. The van der Waals surface area contributed by atoms with Crippen LogP contribution in [0.4, 0.5) is 0 Å². The molecule has 0 saturated carbocycles. The van der Waals surface area contributed by atoms with E-state index in [9.17, 15) is 5.11 Å². The quantitative estimate of drug-likeness (QED) is 0.772. The maximum atomic E-state index is 9.90. The molecule has 1 aromatic rings. The molecule has 0 fully saturated rings. The second-order valence-corrected chi connectivity index (χ2v) is 5.24. The number of rotatable bonds is 6. The molecule has 1 rings (SSSR count). The lowest BCUT2D eigenvalue weighted by Crippen LogP contribution is -2.28. The van der Waals surface area contributed by atoms with Gasteiger partial charge in [0.1, 0.15) is 6.61 Å². The fraction of sp³-hybridized carbons (Fsp3) is 0.833. The van der Waals surface area contributed by atoms with Crippen LogP contribution in [0.2, 0.25) is 0 Å². The van der Waals surface area contributed by atoms with Crippen molar-refractivity contribution in [3.63, 3.8) is 0 Å². The Bertz CT molecular complexity index is 331. The normalized spacial score (nSPS) is 13.9. The zero-order valence-electron chi connectivity index (χ0n) is 11.1. The van der Waals surface area contributed by atoms with Crippen LogP contribution < -0.4 is 0 Å². The first-order valence-electron chi connectivity index (χ1n) is 6.00. The Morgan fingerprint density at radius 1 is 1.41 bits per heavy atom. The molecule has 1 unspecified atom stereocenters. The Hall–Kier alpha value is -0.940. The molecule has 5 heteroatoms. The van der Waals surface area contributed by atoms with E-state index in [1.54, 1.807) is 0 Å². The number of aliphatic hydroxyl groups excluding tert-OH is 1. The van der Waals surface area contributed by atoms with Gasteiger partial charge < -0.3 is 14.4 Å². The summed E-state index contributed by atoms with van der Waals surface area (Å²) in [4.78, 5) is 4.17. The highest BCUT2D eigenvalue weighted by atomic mass is 16.5. The van der Waals surface area contributed by atoms with Crippen molar-refractivity contribution < 1.29 is 14.4 Å². The van der Waals surface area contributed by atoms with Gasteiger partial charge in [-0.15, -0.1) is 0 Å². The van der Waals surface area contributed by atoms with E-state index >= 15 is 0 Å². The second-order valence-electron chi connectivity index (χ2n) is 5.24. The molecule has 1 heterocycles. The van der Waals surface area contributed by atoms with Gasteiger partial charge in [-0.3, -0.25) is 0 Å². The minimum atomic E-state index is -0.493.